The minimum Gasteiger partial charge on any atom is -0.496 e. The monoisotopic (exact) mass is 368 g/mol. The molecule has 0 amide bonds. The van der Waals surface area contributed by atoms with Gasteiger partial charge in [-0.05, 0) is 79.6 Å². The van der Waals surface area contributed by atoms with Gasteiger partial charge in [-0.25, -0.2) is 0 Å². The molecule has 0 aliphatic heterocycles. The Hall–Kier alpha value is -2.62. The quantitative estimate of drug-likeness (QED) is 0.681. The van der Waals surface area contributed by atoms with Gasteiger partial charge in [-0.15, -0.1) is 0 Å². The van der Waals surface area contributed by atoms with Crippen LogP contribution in [0.15, 0.2) is 24.3 Å². The molecule has 0 saturated heterocycles. The van der Waals surface area contributed by atoms with E-state index < -0.39 is 0 Å². The molecule has 0 spiro atoms. The van der Waals surface area contributed by atoms with Crippen LogP contribution in [0.2, 0.25) is 0 Å². The van der Waals surface area contributed by atoms with E-state index in [2.05, 4.69) is 12.1 Å². The maximum absolute atomic E-state index is 5.70. The predicted octanol–water partition coefficient (Wildman–Crippen LogP) is 5.43. The maximum atomic E-state index is 5.70. The normalized spacial score (nSPS) is 13.7. The Bertz CT molecular complexity index is 809. The lowest BCUT2D eigenvalue weighted by atomic mass is 9.94. The van der Waals surface area contributed by atoms with Gasteiger partial charge in [-0.3, -0.25) is 0 Å². The zero-order valence-electron chi connectivity index (χ0n) is 17.1. The lowest BCUT2D eigenvalue weighted by molar-refractivity contribution is 0.399. The molecule has 0 bridgehead atoms. The van der Waals surface area contributed by atoms with Gasteiger partial charge in [-0.2, -0.15) is 0 Å². The Morgan fingerprint density at radius 3 is 1.26 bits per heavy atom. The molecule has 3 rings (SSSR count). The fourth-order valence-corrected chi connectivity index (χ4v) is 3.91. The van der Waals surface area contributed by atoms with Crippen LogP contribution in [0.5, 0.6) is 23.0 Å². The highest BCUT2D eigenvalue weighted by Gasteiger charge is 2.24. The van der Waals surface area contributed by atoms with Crippen LogP contribution < -0.4 is 18.9 Å². The molecule has 0 fully saturated rings. The van der Waals surface area contributed by atoms with E-state index in [0.29, 0.717) is 0 Å². The summed E-state index contributed by atoms with van der Waals surface area (Å²) >= 11 is 0. The third kappa shape index (κ3) is 3.48. The van der Waals surface area contributed by atoms with E-state index in [4.69, 9.17) is 18.9 Å². The molecule has 0 radical (unpaired) electrons. The fraction of sp³-hybridized carbons (Fsp3) is 0.391. The van der Waals surface area contributed by atoms with E-state index in [0.717, 1.165) is 64.5 Å². The number of ether oxygens (including phenoxy) is 4. The molecule has 144 valence electrons. The molecule has 27 heavy (non-hydrogen) atoms. The van der Waals surface area contributed by atoms with E-state index in [-0.39, 0.29) is 0 Å². The number of methoxy groups -OCH3 is 4. The third-order valence-electron chi connectivity index (χ3n) is 5.30. The summed E-state index contributed by atoms with van der Waals surface area (Å²) < 4.78 is 22.5. The highest BCUT2D eigenvalue weighted by atomic mass is 16.5. The lowest BCUT2D eigenvalue weighted by Crippen LogP contribution is -1.98. The van der Waals surface area contributed by atoms with Crippen LogP contribution in [-0.4, -0.2) is 28.4 Å². The second-order valence-corrected chi connectivity index (χ2v) is 6.85. The molecule has 0 N–H and O–H groups in total. The van der Waals surface area contributed by atoms with Crippen molar-refractivity contribution in [3.8, 4) is 23.0 Å². The summed E-state index contributed by atoms with van der Waals surface area (Å²) in [5, 5.41) is 0. The number of allylic oxidation sites excluding steroid dienone is 2. The van der Waals surface area contributed by atoms with E-state index in [1.807, 2.05) is 26.0 Å². The average Bonchev–Trinajstić information content (AvgIpc) is 3.16. The summed E-state index contributed by atoms with van der Waals surface area (Å²) in [4.78, 5) is 0. The summed E-state index contributed by atoms with van der Waals surface area (Å²) in [7, 11) is 6.84. The minimum atomic E-state index is 0.873. The average molecular weight is 368 g/mol. The van der Waals surface area contributed by atoms with E-state index in [1.54, 1.807) is 28.4 Å². The molecular weight excluding hydrogens is 340 g/mol. The van der Waals surface area contributed by atoms with Crippen LogP contribution in [-0.2, 0) is 0 Å². The molecule has 4 nitrogen and oxygen atoms in total. The first-order valence-corrected chi connectivity index (χ1v) is 9.22. The zero-order chi connectivity index (χ0) is 19.6. The number of aryl methyl sites for hydroxylation is 2. The predicted molar refractivity (Wildman–Crippen MR) is 109 cm³/mol. The van der Waals surface area contributed by atoms with Crippen LogP contribution in [0.25, 0.3) is 11.1 Å². The summed E-state index contributed by atoms with van der Waals surface area (Å²) in [5.41, 5.74) is 6.88. The van der Waals surface area contributed by atoms with Crippen molar-refractivity contribution >= 4 is 11.1 Å². The molecule has 1 aliphatic carbocycles. The van der Waals surface area contributed by atoms with Gasteiger partial charge in [0.1, 0.15) is 23.0 Å². The Balaban J connectivity index is 2.24. The largest absolute Gasteiger partial charge is 0.496 e. The molecule has 0 saturated carbocycles. The second-order valence-electron chi connectivity index (χ2n) is 6.85. The number of hydrogen-bond donors (Lipinski definition) is 0. The van der Waals surface area contributed by atoms with E-state index in [1.165, 1.54) is 11.1 Å². The molecule has 4 heteroatoms. The second kappa shape index (κ2) is 7.95. The Kier molecular flexibility index (Phi) is 5.64. The zero-order valence-corrected chi connectivity index (χ0v) is 17.1. The molecule has 0 unspecified atom stereocenters. The van der Waals surface area contributed by atoms with E-state index >= 15 is 0 Å². The highest BCUT2D eigenvalue weighted by Crippen LogP contribution is 2.47. The first-order chi connectivity index (χ1) is 13.0. The first kappa shape index (κ1) is 19.2. The van der Waals surface area contributed by atoms with Crippen LogP contribution >= 0.6 is 0 Å². The molecule has 2 aromatic rings. The molecule has 1 aliphatic rings. The molecule has 0 aromatic heterocycles. The Labute approximate surface area is 161 Å². The van der Waals surface area contributed by atoms with Crippen LogP contribution in [0.1, 0.15) is 41.5 Å². The third-order valence-corrected chi connectivity index (χ3v) is 5.30. The van der Waals surface area contributed by atoms with Gasteiger partial charge < -0.3 is 18.9 Å². The van der Waals surface area contributed by atoms with Crippen molar-refractivity contribution in [2.24, 2.45) is 0 Å². The van der Waals surface area contributed by atoms with Crippen molar-refractivity contribution in [1.29, 1.82) is 0 Å². The Morgan fingerprint density at radius 2 is 0.926 bits per heavy atom. The van der Waals surface area contributed by atoms with Crippen molar-refractivity contribution in [1.82, 2.24) is 0 Å². The first-order valence-electron chi connectivity index (χ1n) is 9.22. The van der Waals surface area contributed by atoms with Crippen molar-refractivity contribution in [3.63, 3.8) is 0 Å². The fourth-order valence-electron chi connectivity index (χ4n) is 3.91. The SMILES string of the molecule is COc1cc(C2=C(c3cc(OC)c(C)cc3OC)CCC2)c(OC)cc1C. The van der Waals surface area contributed by atoms with Gasteiger partial charge in [0.15, 0.2) is 0 Å². The van der Waals surface area contributed by atoms with Gasteiger partial charge in [0.25, 0.3) is 0 Å². The van der Waals surface area contributed by atoms with Gasteiger partial charge in [0, 0.05) is 11.1 Å². The number of benzene rings is 2. The molecule has 2 aromatic carbocycles. The van der Waals surface area contributed by atoms with Gasteiger partial charge in [0.2, 0.25) is 0 Å². The number of rotatable bonds is 6. The molecule has 0 heterocycles. The van der Waals surface area contributed by atoms with Crippen molar-refractivity contribution < 1.29 is 18.9 Å². The van der Waals surface area contributed by atoms with Gasteiger partial charge in [0.05, 0.1) is 28.4 Å². The highest BCUT2D eigenvalue weighted by molar-refractivity contribution is 5.96. The van der Waals surface area contributed by atoms with Gasteiger partial charge in [-0.1, -0.05) is 0 Å². The maximum Gasteiger partial charge on any atom is 0.126 e. The summed E-state index contributed by atoms with van der Waals surface area (Å²) in [6, 6.07) is 8.27. The molecular formula is C23H28O4. The van der Waals surface area contributed by atoms with Crippen LogP contribution in [0, 0.1) is 13.8 Å². The van der Waals surface area contributed by atoms with Crippen LogP contribution in [0.3, 0.4) is 0 Å². The molecule has 0 atom stereocenters. The minimum absolute atomic E-state index is 0.873. The van der Waals surface area contributed by atoms with Crippen molar-refractivity contribution in [3.05, 3.63) is 46.5 Å². The van der Waals surface area contributed by atoms with Crippen molar-refractivity contribution in [2.45, 2.75) is 33.1 Å². The summed E-state index contributed by atoms with van der Waals surface area (Å²) in [5.74, 6) is 3.50. The Morgan fingerprint density at radius 1 is 0.556 bits per heavy atom. The summed E-state index contributed by atoms with van der Waals surface area (Å²) in [6.45, 7) is 4.06. The van der Waals surface area contributed by atoms with Crippen LogP contribution in [0.4, 0.5) is 0 Å². The standard InChI is InChI=1S/C23H28O4/c1-14-10-22(26-5)18(12-20(14)24-3)16-8-7-9-17(16)19-13-21(25-4)15(2)11-23(19)27-6/h10-13H,7-9H2,1-6H3. The lowest BCUT2D eigenvalue weighted by Gasteiger charge is -2.18. The van der Waals surface area contributed by atoms with Crippen molar-refractivity contribution in [2.75, 3.05) is 28.4 Å². The number of hydrogen-bond acceptors (Lipinski definition) is 4. The van der Waals surface area contributed by atoms with Gasteiger partial charge >= 0.3 is 0 Å². The topological polar surface area (TPSA) is 36.9 Å². The smallest absolute Gasteiger partial charge is 0.126 e. The summed E-state index contributed by atoms with van der Waals surface area (Å²) in [6.07, 6.45) is 3.10. The van der Waals surface area contributed by atoms with E-state index in [9.17, 15) is 0 Å².